The van der Waals surface area contributed by atoms with Crippen molar-refractivity contribution >= 4 is 18.4 Å². The average molecular weight is 333 g/mol. The summed E-state index contributed by atoms with van der Waals surface area (Å²) >= 11 is 5.02. The molecular weight excluding hydrogens is 314 g/mol. The van der Waals surface area contributed by atoms with Crippen LogP contribution in [-0.2, 0) is 4.74 Å². The topological polar surface area (TPSA) is 67.7 Å². The number of hydrogen-bond acceptors (Lipinski definition) is 6. The van der Waals surface area contributed by atoms with Gasteiger partial charge in [0.25, 0.3) is 0 Å². The first-order valence-corrected chi connectivity index (χ1v) is 7.91. The van der Waals surface area contributed by atoms with Gasteiger partial charge in [-0.25, -0.2) is 0 Å². The third kappa shape index (κ3) is 4.72. The van der Waals surface area contributed by atoms with Gasteiger partial charge in [0.15, 0.2) is 0 Å². The smallest absolute Gasteiger partial charge is 0.216 e. The minimum Gasteiger partial charge on any atom is -0.492 e. The van der Waals surface area contributed by atoms with E-state index < -0.39 is 0 Å². The maximum atomic E-state index is 5.77. The fraction of sp³-hybridized carbons (Fsp3) is 0.400. The average Bonchev–Trinajstić information content (AvgIpc) is 3.00. The molecule has 8 heteroatoms. The third-order valence-electron chi connectivity index (χ3n) is 3.53. The second-order valence-corrected chi connectivity index (χ2v) is 5.51. The predicted octanol–water partition coefficient (Wildman–Crippen LogP) is 1.53. The molecule has 1 N–H and O–H groups in total. The van der Waals surface area contributed by atoms with Crippen LogP contribution in [0.1, 0.15) is 5.56 Å². The van der Waals surface area contributed by atoms with Gasteiger partial charge in [-0.1, -0.05) is 0 Å². The third-order valence-corrected chi connectivity index (χ3v) is 3.80. The van der Waals surface area contributed by atoms with Crippen molar-refractivity contribution in [3.05, 3.63) is 40.9 Å². The fourth-order valence-electron chi connectivity index (χ4n) is 2.22. The molecule has 0 amide bonds. The number of hydrogen-bond donors (Lipinski definition) is 1. The molecule has 3 rings (SSSR count). The van der Waals surface area contributed by atoms with Gasteiger partial charge in [-0.05, 0) is 42.0 Å². The summed E-state index contributed by atoms with van der Waals surface area (Å²) in [6.45, 7) is 5.19. The SMILES string of the molecule is S=c1[nH]ncn1/N=C\c1ccc(OCCN2CCOCC2)cc1. The summed E-state index contributed by atoms with van der Waals surface area (Å²) in [4.78, 5) is 2.35. The molecule has 0 aliphatic carbocycles. The van der Waals surface area contributed by atoms with Crippen molar-refractivity contribution in [2.24, 2.45) is 5.10 Å². The molecule has 1 aliphatic rings. The molecule has 2 aromatic rings. The zero-order chi connectivity index (χ0) is 15.9. The highest BCUT2D eigenvalue weighted by Crippen LogP contribution is 2.11. The van der Waals surface area contributed by atoms with E-state index in [2.05, 4.69) is 20.2 Å². The van der Waals surface area contributed by atoms with Crippen molar-refractivity contribution in [3.63, 3.8) is 0 Å². The maximum absolute atomic E-state index is 5.77. The van der Waals surface area contributed by atoms with Crippen LogP contribution in [0.3, 0.4) is 0 Å². The Bertz CT molecular complexity index is 688. The summed E-state index contributed by atoms with van der Waals surface area (Å²) in [6, 6.07) is 7.79. The second kappa shape index (κ2) is 8.00. The molecule has 7 nitrogen and oxygen atoms in total. The lowest BCUT2D eigenvalue weighted by atomic mass is 10.2. The van der Waals surface area contributed by atoms with E-state index in [1.165, 1.54) is 11.0 Å². The summed E-state index contributed by atoms with van der Waals surface area (Å²) in [7, 11) is 0. The highest BCUT2D eigenvalue weighted by Gasteiger charge is 2.09. The molecule has 0 unspecified atom stereocenters. The number of benzene rings is 1. The Hall–Kier alpha value is -2.03. The summed E-state index contributed by atoms with van der Waals surface area (Å²) in [6.07, 6.45) is 3.25. The molecule has 1 saturated heterocycles. The molecule has 1 aromatic carbocycles. The highest BCUT2D eigenvalue weighted by atomic mass is 32.1. The zero-order valence-electron chi connectivity index (χ0n) is 12.7. The minimum atomic E-state index is 0.462. The van der Waals surface area contributed by atoms with Crippen molar-refractivity contribution in [2.45, 2.75) is 0 Å². The van der Waals surface area contributed by atoms with Crippen molar-refractivity contribution in [1.82, 2.24) is 19.8 Å². The molecular formula is C15H19N5O2S. The van der Waals surface area contributed by atoms with Gasteiger partial charge >= 0.3 is 0 Å². The van der Waals surface area contributed by atoms with Gasteiger partial charge in [0.2, 0.25) is 4.77 Å². The summed E-state index contributed by atoms with van der Waals surface area (Å²) in [5.41, 5.74) is 0.966. The van der Waals surface area contributed by atoms with Crippen LogP contribution in [0.5, 0.6) is 5.75 Å². The van der Waals surface area contributed by atoms with E-state index in [4.69, 9.17) is 21.7 Å². The Labute approximate surface area is 139 Å². The van der Waals surface area contributed by atoms with E-state index in [1.54, 1.807) is 6.21 Å². The largest absolute Gasteiger partial charge is 0.492 e. The number of nitrogens with one attached hydrogen (secondary N) is 1. The Kier molecular flexibility index (Phi) is 5.51. The lowest BCUT2D eigenvalue weighted by Gasteiger charge is -2.26. The van der Waals surface area contributed by atoms with Crippen LogP contribution < -0.4 is 4.74 Å². The molecule has 0 bridgehead atoms. The van der Waals surface area contributed by atoms with Crippen LogP contribution in [0.2, 0.25) is 0 Å². The maximum Gasteiger partial charge on any atom is 0.216 e. The quantitative estimate of drug-likeness (QED) is 0.641. The van der Waals surface area contributed by atoms with Gasteiger partial charge in [-0.15, -0.1) is 0 Å². The minimum absolute atomic E-state index is 0.462. The van der Waals surface area contributed by atoms with Crippen LogP contribution in [0.25, 0.3) is 0 Å². The first-order chi connectivity index (χ1) is 11.3. The van der Waals surface area contributed by atoms with Crippen molar-refractivity contribution < 1.29 is 9.47 Å². The van der Waals surface area contributed by atoms with Gasteiger partial charge < -0.3 is 9.47 Å². The van der Waals surface area contributed by atoms with Gasteiger partial charge in [0.1, 0.15) is 18.7 Å². The summed E-state index contributed by atoms with van der Waals surface area (Å²) in [5.74, 6) is 0.857. The van der Waals surface area contributed by atoms with E-state index >= 15 is 0 Å². The highest BCUT2D eigenvalue weighted by molar-refractivity contribution is 7.71. The van der Waals surface area contributed by atoms with Crippen LogP contribution in [0, 0.1) is 4.77 Å². The van der Waals surface area contributed by atoms with Crippen LogP contribution in [-0.4, -0.2) is 65.4 Å². The predicted molar refractivity (Wildman–Crippen MR) is 89.6 cm³/mol. The molecule has 23 heavy (non-hydrogen) atoms. The number of aromatic amines is 1. The molecule has 2 heterocycles. The molecule has 0 spiro atoms. The van der Waals surface area contributed by atoms with Crippen molar-refractivity contribution in [3.8, 4) is 5.75 Å². The second-order valence-electron chi connectivity index (χ2n) is 5.12. The van der Waals surface area contributed by atoms with Crippen LogP contribution >= 0.6 is 12.2 Å². The number of aromatic nitrogens is 3. The van der Waals surface area contributed by atoms with Gasteiger partial charge in [-0.3, -0.25) is 10.00 Å². The number of morpholine rings is 1. The monoisotopic (exact) mass is 333 g/mol. The Morgan fingerprint density at radius 2 is 2.09 bits per heavy atom. The zero-order valence-corrected chi connectivity index (χ0v) is 13.5. The number of rotatable bonds is 6. The first kappa shape index (κ1) is 15.9. The first-order valence-electron chi connectivity index (χ1n) is 7.50. The normalized spacial score (nSPS) is 16.0. The number of H-pyrrole nitrogens is 1. The molecule has 1 fully saturated rings. The molecule has 1 aliphatic heterocycles. The summed E-state index contributed by atoms with van der Waals surface area (Å²) < 4.78 is 13.1. The van der Waals surface area contributed by atoms with Gasteiger partial charge in [0, 0.05) is 19.6 Å². The van der Waals surface area contributed by atoms with Crippen LogP contribution in [0.4, 0.5) is 0 Å². The Morgan fingerprint density at radius 3 is 2.78 bits per heavy atom. The van der Waals surface area contributed by atoms with E-state index in [9.17, 15) is 0 Å². The molecule has 122 valence electrons. The van der Waals surface area contributed by atoms with E-state index in [1.807, 2.05) is 24.3 Å². The van der Waals surface area contributed by atoms with Crippen molar-refractivity contribution in [1.29, 1.82) is 0 Å². The van der Waals surface area contributed by atoms with E-state index in [0.717, 1.165) is 44.2 Å². The Balaban J connectivity index is 1.48. The lowest BCUT2D eigenvalue weighted by molar-refractivity contribution is 0.0322. The molecule has 0 saturated carbocycles. The summed E-state index contributed by atoms with van der Waals surface area (Å²) in [5, 5.41) is 10.7. The lowest BCUT2D eigenvalue weighted by Crippen LogP contribution is -2.38. The number of ether oxygens (including phenoxy) is 2. The molecule has 0 radical (unpaired) electrons. The number of nitrogens with zero attached hydrogens (tertiary/aromatic N) is 4. The molecule has 0 atom stereocenters. The van der Waals surface area contributed by atoms with Crippen LogP contribution in [0.15, 0.2) is 35.7 Å². The van der Waals surface area contributed by atoms with Crippen molar-refractivity contribution in [2.75, 3.05) is 39.5 Å². The molecule has 1 aromatic heterocycles. The Morgan fingerprint density at radius 1 is 1.30 bits per heavy atom. The van der Waals surface area contributed by atoms with Gasteiger partial charge in [-0.2, -0.15) is 14.9 Å². The van der Waals surface area contributed by atoms with E-state index in [0.29, 0.717) is 11.4 Å². The van der Waals surface area contributed by atoms with E-state index in [-0.39, 0.29) is 0 Å². The van der Waals surface area contributed by atoms with Gasteiger partial charge in [0.05, 0.1) is 19.4 Å². The fourth-order valence-corrected chi connectivity index (χ4v) is 2.37. The standard InChI is InChI=1S/C15H19N5O2S/c23-15-18-16-12-20(15)17-11-13-1-3-14(4-2-13)22-10-7-19-5-8-21-9-6-19/h1-4,11-12H,5-10H2,(H,18,23)/b17-11-.